The van der Waals surface area contributed by atoms with Crippen molar-refractivity contribution < 1.29 is 17.9 Å². The smallest absolute Gasteiger partial charge is 0.406 e. The van der Waals surface area contributed by atoms with Gasteiger partial charge in [-0.3, -0.25) is 0 Å². The minimum absolute atomic E-state index is 0.176. The summed E-state index contributed by atoms with van der Waals surface area (Å²) in [5.41, 5.74) is 0.964. The second-order valence-corrected chi connectivity index (χ2v) is 4.20. The predicted octanol–water partition coefficient (Wildman–Crippen LogP) is 3.23. The summed E-state index contributed by atoms with van der Waals surface area (Å²) in [7, 11) is 0. The highest BCUT2D eigenvalue weighted by Crippen LogP contribution is 2.23. The average molecular weight is 245 g/mol. The van der Waals surface area contributed by atoms with Crippen LogP contribution in [0.4, 0.5) is 13.2 Å². The average Bonchev–Trinajstić information content (AvgIpc) is 2.16. The zero-order chi connectivity index (χ0) is 12.3. The van der Waals surface area contributed by atoms with Crippen molar-refractivity contribution in [2.75, 3.05) is 0 Å². The lowest BCUT2D eigenvalue weighted by Crippen LogP contribution is -2.34. The van der Waals surface area contributed by atoms with E-state index in [0.29, 0.717) is 12.6 Å². The maximum Gasteiger partial charge on any atom is 0.573 e. The molecule has 0 amide bonds. The van der Waals surface area contributed by atoms with E-state index in [1.165, 1.54) is 31.4 Å². The van der Waals surface area contributed by atoms with Crippen LogP contribution >= 0.6 is 0 Å². The van der Waals surface area contributed by atoms with Crippen LogP contribution in [0.2, 0.25) is 0 Å². The number of rotatable bonds is 4. The summed E-state index contributed by atoms with van der Waals surface area (Å²) in [6.07, 6.45) is -0.980. The van der Waals surface area contributed by atoms with Gasteiger partial charge in [-0.25, -0.2) is 0 Å². The molecule has 17 heavy (non-hydrogen) atoms. The second kappa shape index (κ2) is 4.96. The molecular weight excluding hydrogens is 231 g/mol. The van der Waals surface area contributed by atoms with E-state index in [1.54, 1.807) is 12.1 Å². The van der Waals surface area contributed by atoms with Crippen LogP contribution in [0.25, 0.3) is 0 Å². The lowest BCUT2D eigenvalue weighted by Gasteiger charge is -2.26. The van der Waals surface area contributed by atoms with Gasteiger partial charge in [-0.2, -0.15) is 0 Å². The van der Waals surface area contributed by atoms with Crippen molar-refractivity contribution in [3.63, 3.8) is 0 Å². The first-order valence-corrected chi connectivity index (χ1v) is 5.61. The summed E-state index contributed by atoms with van der Waals surface area (Å²) in [5, 5.41) is 3.34. The van der Waals surface area contributed by atoms with Gasteiger partial charge in [0, 0.05) is 12.6 Å². The molecule has 0 bridgehead atoms. The Morgan fingerprint density at radius 1 is 1.18 bits per heavy atom. The second-order valence-electron chi connectivity index (χ2n) is 4.20. The Bertz CT molecular complexity index is 357. The minimum Gasteiger partial charge on any atom is -0.406 e. The summed E-state index contributed by atoms with van der Waals surface area (Å²) < 4.78 is 39.5. The van der Waals surface area contributed by atoms with Gasteiger partial charge in [-0.1, -0.05) is 18.6 Å². The van der Waals surface area contributed by atoms with E-state index in [-0.39, 0.29) is 5.75 Å². The first-order valence-electron chi connectivity index (χ1n) is 5.61. The van der Waals surface area contributed by atoms with E-state index in [2.05, 4.69) is 10.1 Å². The van der Waals surface area contributed by atoms with Crippen LogP contribution in [0.3, 0.4) is 0 Å². The number of halogens is 3. The molecular formula is C12H14F3NO. The van der Waals surface area contributed by atoms with Gasteiger partial charge >= 0.3 is 6.36 Å². The molecule has 1 aliphatic carbocycles. The van der Waals surface area contributed by atoms with Crippen LogP contribution in [0.1, 0.15) is 24.8 Å². The fraction of sp³-hybridized carbons (Fsp3) is 0.500. The van der Waals surface area contributed by atoms with Crippen molar-refractivity contribution in [2.45, 2.75) is 38.2 Å². The highest BCUT2D eigenvalue weighted by Gasteiger charge is 2.30. The molecule has 0 aromatic heterocycles. The molecule has 2 nitrogen and oxygen atoms in total. The number of benzene rings is 1. The third-order valence-corrected chi connectivity index (χ3v) is 2.86. The van der Waals surface area contributed by atoms with E-state index < -0.39 is 6.36 Å². The first kappa shape index (κ1) is 12.2. The Morgan fingerprint density at radius 3 is 2.29 bits per heavy atom. The molecule has 0 unspecified atom stereocenters. The summed E-state index contributed by atoms with van der Waals surface area (Å²) in [4.78, 5) is 0. The van der Waals surface area contributed by atoms with Gasteiger partial charge in [0.15, 0.2) is 0 Å². The summed E-state index contributed by atoms with van der Waals surface area (Å²) in [6.45, 7) is 0.691. The van der Waals surface area contributed by atoms with Crippen LogP contribution in [0.15, 0.2) is 24.3 Å². The van der Waals surface area contributed by atoms with Gasteiger partial charge < -0.3 is 10.1 Å². The molecule has 94 valence electrons. The van der Waals surface area contributed by atoms with Crippen LogP contribution in [-0.2, 0) is 6.54 Å². The molecule has 0 atom stereocenters. The van der Waals surface area contributed by atoms with Crippen molar-refractivity contribution in [1.29, 1.82) is 0 Å². The number of hydrogen-bond donors (Lipinski definition) is 1. The monoisotopic (exact) mass is 245 g/mol. The van der Waals surface area contributed by atoms with Crippen molar-refractivity contribution in [3.8, 4) is 5.75 Å². The van der Waals surface area contributed by atoms with Gasteiger partial charge in [-0.05, 0) is 30.5 Å². The number of ether oxygens (including phenoxy) is 1. The topological polar surface area (TPSA) is 21.3 Å². The third kappa shape index (κ3) is 3.93. The number of hydrogen-bond acceptors (Lipinski definition) is 2. The first-order chi connectivity index (χ1) is 8.03. The maximum absolute atomic E-state index is 11.9. The fourth-order valence-electron chi connectivity index (χ4n) is 1.68. The van der Waals surface area contributed by atoms with E-state index in [9.17, 15) is 13.2 Å². The van der Waals surface area contributed by atoms with Crippen LogP contribution < -0.4 is 10.1 Å². The van der Waals surface area contributed by atoms with Crippen molar-refractivity contribution in [3.05, 3.63) is 29.8 Å². The Balaban J connectivity index is 1.84. The molecule has 1 N–H and O–H groups in total. The van der Waals surface area contributed by atoms with Gasteiger partial charge in [0.05, 0.1) is 0 Å². The zero-order valence-corrected chi connectivity index (χ0v) is 9.26. The zero-order valence-electron chi connectivity index (χ0n) is 9.26. The lowest BCUT2D eigenvalue weighted by atomic mass is 9.93. The Kier molecular flexibility index (Phi) is 3.57. The van der Waals surface area contributed by atoms with Crippen LogP contribution in [-0.4, -0.2) is 12.4 Å². The molecule has 0 radical (unpaired) electrons. The molecule has 0 heterocycles. The van der Waals surface area contributed by atoms with Crippen LogP contribution in [0.5, 0.6) is 5.75 Å². The standard InChI is InChI=1S/C12H14F3NO/c13-12(14,15)17-11-6-4-9(5-7-11)8-16-10-2-1-3-10/h4-7,10,16H,1-3,8H2. The Morgan fingerprint density at radius 2 is 1.82 bits per heavy atom. The molecule has 1 aromatic rings. The predicted molar refractivity (Wildman–Crippen MR) is 57.6 cm³/mol. The van der Waals surface area contributed by atoms with E-state index in [0.717, 1.165) is 5.56 Å². The summed E-state index contributed by atoms with van der Waals surface area (Å²) >= 11 is 0. The minimum atomic E-state index is -4.62. The Hall–Kier alpha value is -1.23. The molecule has 1 aromatic carbocycles. The highest BCUT2D eigenvalue weighted by atomic mass is 19.4. The SMILES string of the molecule is FC(F)(F)Oc1ccc(CNC2CCC2)cc1. The van der Waals surface area contributed by atoms with Crippen LogP contribution in [0, 0.1) is 0 Å². The maximum atomic E-state index is 11.9. The van der Waals surface area contributed by atoms with Crippen molar-refractivity contribution >= 4 is 0 Å². The van der Waals surface area contributed by atoms with Gasteiger partial charge in [0.25, 0.3) is 0 Å². The van der Waals surface area contributed by atoms with Crippen molar-refractivity contribution in [1.82, 2.24) is 5.32 Å². The summed E-state index contributed by atoms with van der Waals surface area (Å²) in [6, 6.07) is 6.54. The molecule has 1 aliphatic rings. The molecule has 1 saturated carbocycles. The molecule has 1 fully saturated rings. The number of nitrogens with one attached hydrogen (secondary N) is 1. The highest BCUT2D eigenvalue weighted by molar-refractivity contribution is 5.27. The van der Waals surface area contributed by atoms with E-state index in [4.69, 9.17) is 0 Å². The van der Waals surface area contributed by atoms with Crippen molar-refractivity contribution in [2.24, 2.45) is 0 Å². The van der Waals surface area contributed by atoms with Gasteiger partial charge in [0.1, 0.15) is 5.75 Å². The largest absolute Gasteiger partial charge is 0.573 e. The third-order valence-electron chi connectivity index (χ3n) is 2.86. The molecule has 2 rings (SSSR count). The molecule has 5 heteroatoms. The van der Waals surface area contributed by atoms with E-state index >= 15 is 0 Å². The summed E-state index contributed by atoms with van der Waals surface area (Å²) in [5.74, 6) is -0.176. The molecule has 0 aliphatic heterocycles. The van der Waals surface area contributed by atoms with Gasteiger partial charge in [0.2, 0.25) is 0 Å². The number of alkyl halides is 3. The molecule has 0 saturated heterocycles. The normalized spacial score (nSPS) is 16.6. The fourth-order valence-corrected chi connectivity index (χ4v) is 1.68. The Labute approximate surface area is 97.8 Å². The lowest BCUT2D eigenvalue weighted by molar-refractivity contribution is -0.274. The molecule has 0 spiro atoms. The van der Waals surface area contributed by atoms with Gasteiger partial charge in [-0.15, -0.1) is 13.2 Å². The van der Waals surface area contributed by atoms with E-state index in [1.807, 2.05) is 0 Å². The quantitative estimate of drug-likeness (QED) is 0.879.